The van der Waals surface area contributed by atoms with Gasteiger partial charge in [-0.1, -0.05) is 42.5 Å². The van der Waals surface area contributed by atoms with E-state index in [0.717, 1.165) is 16.8 Å². The molecule has 8 nitrogen and oxygen atoms in total. The number of halogens is 1. The smallest absolute Gasteiger partial charge is 0.325 e. The molecule has 0 saturated heterocycles. The highest BCUT2D eigenvalue weighted by molar-refractivity contribution is 6.00. The molecule has 1 aromatic heterocycles. The zero-order valence-corrected chi connectivity index (χ0v) is 18.8. The molecule has 1 atom stereocenters. The number of aliphatic carboxylic acids is 1. The molecule has 3 N–H and O–H groups in total. The Morgan fingerprint density at radius 2 is 1.91 bits per heavy atom. The van der Waals surface area contributed by atoms with E-state index in [1.807, 2.05) is 30.3 Å². The third-order valence-electron chi connectivity index (χ3n) is 6.07. The van der Waals surface area contributed by atoms with Gasteiger partial charge in [0.05, 0.1) is 23.4 Å². The van der Waals surface area contributed by atoms with E-state index >= 15 is 0 Å². The molecular formula is C26H24FN5O3. The normalized spacial score (nSPS) is 15.0. The van der Waals surface area contributed by atoms with Crippen LogP contribution in [0.25, 0.3) is 10.9 Å². The highest BCUT2D eigenvalue weighted by atomic mass is 19.1. The van der Waals surface area contributed by atoms with Crippen molar-refractivity contribution in [3.8, 4) is 0 Å². The molecule has 0 saturated carbocycles. The molecule has 0 spiro atoms. The van der Waals surface area contributed by atoms with E-state index in [4.69, 9.17) is 5.11 Å². The van der Waals surface area contributed by atoms with Gasteiger partial charge in [0, 0.05) is 24.2 Å². The van der Waals surface area contributed by atoms with E-state index in [1.165, 1.54) is 10.7 Å². The van der Waals surface area contributed by atoms with Gasteiger partial charge in [-0.15, -0.1) is 0 Å². The number of carboxylic acid groups (broad SMARTS) is 1. The molecule has 5 rings (SSSR count). The lowest BCUT2D eigenvalue weighted by molar-refractivity contribution is -0.137. The lowest BCUT2D eigenvalue weighted by Gasteiger charge is -2.36. The Balaban J connectivity index is 1.33. The summed E-state index contributed by atoms with van der Waals surface area (Å²) in [5.41, 5.74) is 4.06. The molecule has 35 heavy (non-hydrogen) atoms. The molecule has 1 aliphatic heterocycles. The van der Waals surface area contributed by atoms with Crippen LogP contribution in [0.5, 0.6) is 0 Å². The standard InChI is InChI=1S/C26H24FN5O3/c27-19-10-9-18-11-20(15-31(24(18)12-19)14-17-5-2-1-3-6-17)29-26(35)30-22-7-4-8-23-21(22)13-28-32(23)16-25(33)34/h1-10,12-13,20H,11,14-16H2,(H,33,34)(H2,29,30,35). The molecule has 2 heterocycles. The summed E-state index contributed by atoms with van der Waals surface area (Å²) in [6.45, 7) is 0.858. The van der Waals surface area contributed by atoms with Crippen LogP contribution >= 0.6 is 0 Å². The number of nitrogens with one attached hydrogen (secondary N) is 2. The predicted molar refractivity (Wildman–Crippen MR) is 131 cm³/mol. The lowest BCUT2D eigenvalue weighted by Crippen LogP contribution is -2.49. The minimum absolute atomic E-state index is 0.189. The molecule has 0 fully saturated rings. The van der Waals surface area contributed by atoms with E-state index < -0.39 is 5.97 Å². The maximum atomic E-state index is 14.0. The van der Waals surface area contributed by atoms with Crippen molar-refractivity contribution in [2.24, 2.45) is 0 Å². The average molecular weight is 474 g/mol. The highest BCUT2D eigenvalue weighted by Crippen LogP contribution is 2.30. The summed E-state index contributed by atoms with van der Waals surface area (Å²) in [6.07, 6.45) is 2.12. The van der Waals surface area contributed by atoms with Crippen molar-refractivity contribution in [1.29, 1.82) is 0 Å². The van der Waals surface area contributed by atoms with Crippen LogP contribution in [0.4, 0.5) is 20.6 Å². The van der Waals surface area contributed by atoms with Crippen molar-refractivity contribution >= 4 is 34.3 Å². The van der Waals surface area contributed by atoms with Crippen LogP contribution in [0.2, 0.25) is 0 Å². The number of urea groups is 1. The number of rotatable bonds is 6. The monoisotopic (exact) mass is 473 g/mol. The first kappa shape index (κ1) is 22.4. The second-order valence-corrected chi connectivity index (χ2v) is 8.57. The molecule has 2 amide bonds. The first-order chi connectivity index (χ1) is 17.0. The lowest BCUT2D eigenvalue weighted by atomic mass is 9.97. The molecular weight excluding hydrogens is 449 g/mol. The van der Waals surface area contributed by atoms with E-state index in [-0.39, 0.29) is 24.4 Å². The minimum atomic E-state index is -0.997. The van der Waals surface area contributed by atoms with Gasteiger partial charge in [0.25, 0.3) is 0 Å². The number of anilines is 2. The summed E-state index contributed by atoms with van der Waals surface area (Å²) in [6, 6.07) is 19.4. The fourth-order valence-electron chi connectivity index (χ4n) is 4.56. The van der Waals surface area contributed by atoms with Gasteiger partial charge in [0.2, 0.25) is 0 Å². The predicted octanol–water partition coefficient (Wildman–Crippen LogP) is 4.01. The largest absolute Gasteiger partial charge is 0.480 e. The Kier molecular flexibility index (Phi) is 6.05. The van der Waals surface area contributed by atoms with Crippen LogP contribution < -0.4 is 15.5 Å². The van der Waals surface area contributed by atoms with E-state index in [1.54, 1.807) is 36.5 Å². The van der Waals surface area contributed by atoms with Gasteiger partial charge in [-0.05, 0) is 41.8 Å². The van der Waals surface area contributed by atoms with Crippen molar-refractivity contribution in [1.82, 2.24) is 15.1 Å². The Labute approximate surface area is 201 Å². The van der Waals surface area contributed by atoms with Crippen molar-refractivity contribution in [2.75, 3.05) is 16.8 Å². The average Bonchev–Trinajstić information content (AvgIpc) is 3.23. The zero-order valence-electron chi connectivity index (χ0n) is 18.8. The quantitative estimate of drug-likeness (QED) is 0.393. The van der Waals surface area contributed by atoms with Gasteiger partial charge in [-0.2, -0.15) is 5.10 Å². The molecule has 4 aromatic rings. The first-order valence-corrected chi connectivity index (χ1v) is 11.3. The van der Waals surface area contributed by atoms with Gasteiger partial charge < -0.3 is 20.6 Å². The SMILES string of the molecule is O=C(O)Cn1ncc2c(NC(=O)NC3Cc4ccc(F)cc4N(Cc4ccccc4)C3)cccc21. The van der Waals surface area contributed by atoms with Gasteiger partial charge >= 0.3 is 12.0 Å². The molecule has 9 heteroatoms. The molecule has 0 aliphatic carbocycles. The van der Waals surface area contributed by atoms with Crippen LogP contribution in [0, 0.1) is 5.82 Å². The molecule has 3 aromatic carbocycles. The zero-order chi connectivity index (χ0) is 24.4. The second kappa shape index (κ2) is 9.46. The Bertz CT molecular complexity index is 1390. The number of carbonyl (C=O) groups is 2. The topological polar surface area (TPSA) is 99.5 Å². The highest BCUT2D eigenvalue weighted by Gasteiger charge is 2.26. The van der Waals surface area contributed by atoms with Crippen LogP contribution in [-0.2, 0) is 24.3 Å². The van der Waals surface area contributed by atoms with E-state index in [2.05, 4.69) is 20.6 Å². The fourth-order valence-corrected chi connectivity index (χ4v) is 4.56. The molecule has 0 bridgehead atoms. The molecule has 1 unspecified atom stereocenters. The third-order valence-corrected chi connectivity index (χ3v) is 6.07. The summed E-state index contributed by atoms with van der Waals surface area (Å²) in [5, 5.41) is 19.8. The second-order valence-electron chi connectivity index (χ2n) is 8.57. The van der Waals surface area contributed by atoms with Crippen molar-refractivity contribution in [3.63, 3.8) is 0 Å². The number of carbonyl (C=O) groups excluding carboxylic acids is 1. The Morgan fingerprint density at radius 3 is 2.71 bits per heavy atom. The van der Waals surface area contributed by atoms with Crippen molar-refractivity contribution in [2.45, 2.75) is 25.6 Å². The van der Waals surface area contributed by atoms with E-state index in [0.29, 0.717) is 36.1 Å². The summed E-state index contributed by atoms with van der Waals surface area (Å²) in [7, 11) is 0. The van der Waals surface area contributed by atoms with Crippen LogP contribution in [0.3, 0.4) is 0 Å². The number of hydrogen-bond donors (Lipinski definition) is 3. The third kappa shape index (κ3) is 4.93. The number of benzene rings is 3. The maximum absolute atomic E-state index is 14.0. The van der Waals surface area contributed by atoms with Gasteiger partial charge in [-0.25, -0.2) is 9.18 Å². The van der Waals surface area contributed by atoms with Gasteiger partial charge in [0.1, 0.15) is 12.4 Å². The van der Waals surface area contributed by atoms with Gasteiger partial charge in [-0.3, -0.25) is 9.48 Å². The van der Waals surface area contributed by atoms with Crippen molar-refractivity contribution in [3.05, 3.63) is 89.9 Å². The summed E-state index contributed by atoms with van der Waals surface area (Å²) >= 11 is 0. The molecule has 0 radical (unpaired) electrons. The van der Waals surface area contributed by atoms with Crippen molar-refractivity contribution < 1.29 is 19.1 Å². The number of hydrogen-bond acceptors (Lipinski definition) is 4. The Hall–Kier alpha value is -4.40. The minimum Gasteiger partial charge on any atom is -0.480 e. The fraction of sp³-hybridized carbons (Fsp3) is 0.192. The first-order valence-electron chi connectivity index (χ1n) is 11.3. The van der Waals surface area contributed by atoms with Crippen LogP contribution in [-0.4, -0.2) is 39.5 Å². The van der Waals surface area contributed by atoms with Gasteiger partial charge in [0.15, 0.2) is 0 Å². The number of carboxylic acids is 1. The molecule has 1 aliphatic rings. The molecule has 178 valence electrons. The number of nitrogens with zero attached hydrogens (tertiary/aromatic N) is 3. The number of fused-ring (bicyclic) bond motifs is 2. The number of aromatic nitrogens is 2. The Morgan fingerprint density at radius 1 is 1.09 bits per heavy atom. The van der Waals surface area contributed by atoms with E-state index in [9.17, 15) is 14.0 Å². The summed E-state index contributed by atoms with van der Waals surface area (Å²) < 4.78 is 15.4. The summed E-state index contributed by atoms with van der Waals surface area (Å²) in [5.74, 6) is -1.29. The maximum Gasteiger partial charge on any atom is 0.325 e. The van der Waals surface area contributed by atoms with Crippen LogP contribution in [0.1, 0.15) is 11.1 Å². The van der Waals surface area contributed by atoms with Crippen LogP contribution in [0.15, 0.2) is 72.9 Å². The summed E-state index contributed by atoms with van der Waals surface area (Å²) in [4.78, 5) is 26.1. The number of amides is 2.